The second-order valence-electron chi connectivity index (χ2n) is 6.19. The number of nitrogens with one attached hydrogen (secondary N) is 3. The summed E-state index contributed by atoms with van der Waals surface area (Å²) in [4.78, 5) is 16.7. The molecule has 0 fully saturated rings. The summed E-state index contributed by atoms with van der Waals surface area (Å²) in [6.07, 6.45) is 9.77. The number of amides is 1. The number of hydrogen-bond donors (Lipinski definition) is 3. The molecule has 1 aliphatic rings. The smallest absolute Gasteiger partial charge is 0.251 e. The van der Waals surface area contributed by atoms with E-state index in [0.717, 1.165) is 48.1 Å². The fourth-order valence-electron chi connectivity index (χ4n) is 2.88. The molecule has 1 aromatic carbocycles. The second-order valence-corrected chi connectivity index (χ2v) is 6.19. The zero-order chi connectivity index (χ0) is 18.2. The van der Waals surface area contributed by atoms with Gasteiger partial charge in [-0.1, -0.05) is 19.1 Å². The van der Waals surface area contributed by atoms with Crippen LogP contribution in [0.25, 0.3) is 16.5 Å². The molecule has 2 aromatic rings. The maximum atomic E-state index is 12.4. The quantitative estimate of drug-likeness (QED) is 0.640. The van der Waals surface area contributed by atoms with Crippen molar-refractivity contribution in [3.63, 3.8) is 0 Å². The number of hydrogen-bond acceptors (Lipinski definition) is 4. The normalized spacial score (nSPS) is 13.7. The zero-order valence-electron chi connectivity index (χ0n) is 15.1. The van der Waals surface area contributed by atoms with Gasteiger partial charge in [-0.25, -0.2) is 0 Å². The molecule has 0 saturated carbocycles. The summed E-state index contributed by atoms with van der Waals surface area (Å²) in [7, 11) is 0. The van der Waals surface area contributed by atoms with Crippen LogP contribution in [0.3, 0.4) is 0 Å². The van der Waals surface area contributed by atoms with Gasteiger partial charge in [0.2, 0.25) is 0 Å². The Balaban J connectivity index is 1.70. The van der Waals surface area contributed by atoms with E-state index in [-0.39, 0.29) is 5.91 Å². The average molecular weight is 351 g/mol. The molecule has 2 heterocycles. The Morgan fingerprint density at radius 1 is 1.27 bits per heavy atom. The molecule has 1 aliphatic heterocycles. The van der Waals surface area contributed by atoms with Gasteiger partial charge in [-0.2, -0.15) is 5.10 Å². The van der Waals surface area contributed by atoms with Crippen LogP contribution in [0.5, 0.6) is 0 Å². The summed E-state index contributed by atoms with van der Waals surface area (Å²) in [6.45, 7) is 5.42. The molecule has 1 amide bonds. The number of allylic oxidation sites excluding steroid dienone is 3. The fraction of sp³-hybridized carbons (Fsp3) is 0.350. The maximum Gasteiger partial charge on any atom is 0.251 e. The third-order valence-corrected chi connectivity index (χ3v) is 4.28. The first-order valence-corrected chi connectivity index (χ1v) is 9.13. The highest BCUT2D eigenvalue weighted by molar-refractivity contribution is 6.02. The summed E-state index contributed by atoms with van der Waals surface area (Å²) in [5.41, 5.74) is 3.39. The van der Waals surface area contributed by atoms with Crippen molar-refractivity contribution in [3.05, 3.63) is 47.7 Å². The van der Waals surface area contributed by atoms with Crippen LogP contribution in [0, 0.1) is 0 Å². The highest BCUT2D eigenvalue weighted by Crippen LogP contribution is 2.25. The predicted molar refractivity (Wildman–Crippen MR) is 107 cm³/mol. The Kier molecular flexibility index (Phi) is 6.33. The first kappa shape index (κ1) is 18.1. The molecular weight excluding hydrogens is 326 g/mol. The van der Waals surface area contributed by atoms with E-state index < -0.39 is 0 Å². The number of unbranched alkanes of at least 4 members (excludes halogenated alkanes) is 1. The number of aliphatic imine (C=N–C) groups is 1. The van der Waals surface area contributed by atoms with Crippen LogP contribution in [0.4, 0.5) is 0 Å². The van der Waals surface area contributed by atoms with E-state index in [9.17, 15) is 4.79 Å². The summed E-state index contributed by atoms with van der Waals surface area (Å²) in [5.74, 6) is -0.0468. The lowest BCUT2D eigenvalue weighted by Crippen LogP contribution is -2.25. The van der Waals surface area contributed by atoms with E-state index in [1.807, 2.05) is 36.4 Å². The Labute approximate surface area is 153 Å². The van der Waals surface area contributed by atoms with Crippen LogP contribution in [-0.2, 0) is 0 Å². The fourth-order valence-corrected chi connectivity index (χ4v) is 2.88. The number of benzene rings is 1. The van der Waals surface area contributed by atoms with Crippen LogP contribution in [-0.4, -0.2) is 48.5 Å². The first-order chi connectivity index (χ1) is 12.8. The number of carbonyl (C=O) groups is 1. The Hall–Kier alpha value is -2.73. The van der Waals surface area contributed by atoms with Crippen LogP contribution in [0.2, 0.25) is 0 Å². The first-order valence-electron chi connectivity index (χ1n) is 9.13. The van der Waals surface area contributed by atoms with Gasteiger partial charge in [0.25, 0.3) is 5.91 Å². The number of nitrogens with zero attached hydrogens (tertiary/aromatic N) is 2. The van der Waals surface area contributed by atoms with Crippen molar-refractivity contribution in [2.75, 3.05) is 26.2 Å². The summed E-state index contributed by atoms with van der Waals surface area (Å²) in [5, 5.41) is 14.7. The maximum absolute atomic E-state index is 12.4. The number of carbonyl (C=O) groups excluding carboxylic acids is 1. The van der Waals surface area contributed by atoms with Crippen molar-refractivity contribution in [1.29, 1.82) is 0 Å². The topological polar surface area (TPSA) is 82.2 Å². The standard InChI is InChI=1S/C20H25N5O/c1-2-21-10-3-4-12-23-20(26)16-7-8-18-17(14-16)19(25-24-18)15-6-5-11-22-13-9-15/h5-9,13-14,21H,2-4,10-12H2,1H3,(H,23,26)(H,24,25). The van der Waals surface area contributed by atoms with Crippen molar-refractivity contribution < 1.29 is 4.79 Å². The lowest BCUT2D eigenvalue weighted by molar-refractivity contribution is 0.0953. The lowest BCUT2D eigenvalue weighted by Gasteiger charge is -2.06. The van der Waals surface area contributed by atoms with E-state index in [1.165, 1.54) is 0 Å². The molecule has 0 aliphatic carbocycles. The third-order valence-electron chi connectivity index (χ3n) is 4.28. The second kappa shape index (κ2) is 9.10. The molecule has 3 rings (SSSR count). The van der Waals surface area contributed by atoms with E-state index in [1.54, 1.807) is 6.21 Å². The highest BCUT2D eigenvalue weighted by atomic mass is 16.1. The minimum absolute atomic E-state index is 0.0468. The van der Waals surface area contributed by atoms with Gasteiger partial charge < -0.3 is 10.6 Å². The Bertz CT molecular complexity index is 847. The molecular formula is C20H25N5O. The van der Waals surface area contributed by atoms with Crippen molar-refractivity contribution in [3.8, 4) is 0 Å². The van der Waals surface area contributed by atoms with Crippen molar-refractivity contribution in [2.24, 2.45) is 4.99 Å². The molecule has 0 saturated heterocycles. The summed E-state index contributed by atoms with van der Waals surface area (Å²) in [6, 6.07) is 5.64. The number of fused-ring (bicyclic) bond motifs is 1. The van der Waals surface area contributed by atoms with Crippen LogP contribution < -0.4 is 10.6 Å². The van der Waals surface area contributed by atoms with E-state index in [2.05, 4.69) is 32.7 Å². The largest absolute Gasteiger partial charge is 0.352 e. The number of aromatic nitrogens is 2. The predicted octanol–water partition coefficient (Wildman–Crippen LogP) is 2.71. The summed E-state index contributed by atoms with van der Waals surface area (Å²) < 4.78 is 0. The van der Waals surface area contributed by atoms with Gasteiger partial charge >= 0.3 is 0 Å². The molecule has 1 aromatic heterocycles. The van der Waals surface area contributed by atoms with E-state index >= 15 is 0 Å². The third kappa shape index (κ3) is 4.46. The van der Waals surface area contributed by atoms with E-state index in [0.29, 0.717) is 18.7 Å². The average Bonchev–Trinajstić information content (AvgIpc) is 2.89. The van der Waals surface area contributed by atoms with Gasteiger partial charge in [0, 0.05) is 29.3 Å². The van der Waals surface area contributed by atoms with Gasteiger partial charge in [0.1, 0.15) is 0 Å². The Morgan fingerprint density at radius 3 is 3.04 bits per heavy atom. The monoisotopic (exact) mass is 351 g/mol. The minimum Gasteiger partial charge on any atom is -0.352 e. The van der Waals surface area contributed by atoms with Gasteiger partial charge in [-0.05, 0) is 50.2 Å². The molecule has 0 bridgehead atoms. The van der Waals surface area contributed by atoms with Crippen molar-refractivity contribution in [2.45, 2.75) is 19.8 Å². The molecule has 26 heavy (non-hydrogen) atoms. The number of rotatable bonds is 8. The molecule has 3 N–H and O–H groups in total. The van der Waals surface area contributed by atoms with Gasteiger partial charge in [0.05, 0.1) is 17.8 Å². The molecule has 6 nitrogen and oxygen atoms in total. The molecule has 6 heteroatoms. The van der Waals surface area contributed by atoms with Crippen LogP contribution in [0.15, 0.2) is 41.4 Å². The summed E-state index contributed by atoms with van der Waals surface area (Å²) >= 11 is 0. The zero-order valence-corrected chi connectivity index (χ0v) is 15.1. The lowest BCUT2D eigenvalue weighted by atomic mass is 10.0. The van der Waals surface area contributed by atoms with Gasteiger partial charge in [0.15, 0.2) is 0 Å². The number of aromatic amines is 1. The molecule has 0 radical (unpaired) electrons. The van der Waals surface area contributed by atoms with Crippen LogP contribution >= 0.6 is 0 Å². The minimum atomic E-state index is -0.0468. The van der Waals surface area contributed by atoms with Crippen molar-refractivity contribution in [1.82, 2.24) is 20.8 Å². The van der Waals surface area contributed by atoms with E-state index in [4.69, 9.17) is 0 Å². The molecule has 0 unspecified atom stereocenters. The van der Waals surface area contributed by atoms with Gasteiger partial charge in [-0.15, -0.1) is 0 Å². The molecule has 136 valence electrons. The SMILES string of the molecule is CCNCCCCNC(=O)c1ccc2[nH]nc(C3=CC=NCC=C3)c2c1. The Morgan fingerprint density at radius 2 is 2.15 bits per heavy atom. The van der Waals surface area contributed by atoms with Crippen molar-refractivity contribution >= 4 is 28.6 Å². The molecule has 0 spiro atoms. The number of H-pyrrole nitrogens is 1. The van der Waals surface area contributed by atoms with Gasteiger partial charge in [-0.3, -0.25) is 14.9 Å². The highest BCUT2D eigenvalue weighted by Gasteiger charge is 2.12. The molecule has 0 atom stereocenters. The van der Waals surface area contributed by atoms with Crippen LogP contribution in [0.1, 0.15) is 35.8 Å².